The topological polar surface area (TPSA) is 25.2 Å². The van der Waals surface area contributed by atoms with Crippen LogP contribution in [0.1, 0.15) is 44.4 Å². The summed E-state index contributed by atoms with van der Waals surface area (Å²) in [4.78, 5) is 0. The summed E-state index contributed by atoms with van der Waals surface area (Å²) in [5, 5.41) is 4.67. The van der Waals surface area contributed by atoms with Crippen LogP contribution in [-0.2, 0) is 0 Å². The Labute approximate surface area is 108 Å². The lowest BCUT2D eigenvalue weighted by Gasteiger charge is -2.32. The number of para-hydroxylation sites is 1. The molecule has 0 amide bonds. The van der Waals surface area contributed by atoms with Gasteiger partial charge in [0.05, 0.1) is 6.04 Å². The van der Waals surface area contributed by atoms with Gasteiger partial charge in [0.2, 0.25) is 0 Å². The van der Waals surface area contributed by atoms with E-state index in [1.165, 1.54) is 31.1 Å². The zero-order valence-electron chi connectivity index (χ0n) is 11.2. The number of hydrogen-bond acceptors (Lipinski definition) is 2. The van der Waals surface area contributed by atoms with Crippen LogP contribution in [0.3, 0.4) is 0 Å². The monoisotopic (exact) mass is 243 g/mol. The molecule has 18 heavy (non-hydrogen) atoms. The molecule has 2 heteroatoms. The molecule has 1 atom stereocenters. The van der Waals surface area contributed by atoms with Crippen molar-refractivity contribution >= 4 is 11.0 Å². The molecule has 1 N–H and O–H groups in total. The zero-order chi connectivity index (χ0) is 12.6. The van der Waals surface area contributed by atoms with Gasteiger partial charge < -0.3 is 9.73 Å². The van der Waals surface area contributed by atoms with E-state index in [-0.39, 0.29) is 0 Å². The molecule has 3 rings (SSSR count). The average molecular weight is 243 g/mol. The smallest absolute Gasteiger partial charge is 0.134 e. The van der Waals surface area contributed by atoms with Crippen LogP contribution in [0.4, 0.5) is 0 Å². The van der Waals surface area contributed by atoms with Crippen LogP contribution < -0.4 is 5.32 Å². The van der Waals surface area contributed by atoms with Crippen LogP contribution in [-0.4, -0.2) is 7.05 Å². The van der Waals surface area contributed by atoms with E-state index in [1.807, 2.05) is 19.2 Å². The van der Waals surface area contributed by atoms with Crippen LogP contribution in [0.15, 0.2) is 34.7 Å². The molecule has 1 aromatic heterocycles. The third-order valence-corrected chi connectivity index (χ3v) is 4.46. The van der Waals surface area contributed by atoms with Gasteiger partial charge in [0.1, 0.15) is 11.3 Å². The number of benzene rings is 1. The lowest BCUT2D eigenvalue weighted by molar-refractivity contribution is 0.209. The molecule has 1 heterocycles. The minimum atomic E-state index is 0.326. The third kappa shape index (κ3) is 1.85. The number of hydrogen-bond donors (Lipinski definition) is 1. The van der Waals surface area contributed by atoms with Gasteiger partial charge in [-0.3, -0.25) is 0 Å². The Balaban J connectivity index is 2.00. The Kier molecular flexibility index (Phi) is 2.90. The zero-order valence-corrected chi connectivity index (χ0v) is 11.2. The first kappa shape index (κ1) is 11.8. The summed E-state index contributed by atoms with van der Waals surface area (Å²) in [6.07, 6.45) is 5.26. The minimum absolute atomic E-state index is 0.326. The van der Waals surface area contributed by atoms with E-state index < -0.39 is 0 Å². The van der Waals surface area contributed by atoms with Gasteiger partial charge in [-0.25, -0.2) is 0 Å². The summed E-state index contributed by atoms with van der Waals surface area (Å²) in [5.74, 6) is 1.09. The molecule has 2 nitrogen and oxygen atoms in total. The van der Waals surface area contributed by atoms with Crippen LogP contribution in [0, 0.1) is 5.41 Å². The highest BCUT2D eigenvalue weighted by molar-refractivity contribution is 5.77. The van der Waals surface area contributed by atoms with Crippen molar-refractivity contribution in [3.63, 3.8) is 0 Å². The second-order valence-corrected chi connectivity index (χ2v) is 5.77. The fourth-order valence-corrected chi connectivity index (χ4v) is 3.45. The molecular formula is C16H21NO. The Morgan fingerprint density at radius 2 is 1.94 bits per heavy atom. The second-order valence-electron chi connectivity index (χ2n) is 5.77. The molecule has 0 aliphatic heterocycles. The summed E-state index contributed by atoms with van der Waals surface area (Å²) in [5.41, 5.74) is 1.33. The maximum Gasteiger partial charge on any atom is 0.134 e. The maximum absolute atomic E-state index is 6.04. The molecule has 2 aromatic rings. The average Bonchev–Trinajstić information content (AvgIpc) is 2.96. The van der Waals surface area contributed by atoms with Crippen molar-refractivity contribution in [1.29, 1.82) is 0 Å². The summed E-state index contributed by atoms with van der Waals surface area (Å²) < 4.78 is 6.04. The highest BCUT2D eigenvalue weighted by atomic mass is 16.3. The van der Waals surface area contributed by atoms with Gasteiger partial charge in [-0.15, -0.1) is 0 Å². The Morgan fingerprint density at radius 1 is 1.22 bits per heavy atom. The normalized spacial score (nSPS) is 20.3. The third-order valence-electron chi connectivity index (χ3n) is 4.46. The van der Waals surface area contributed by atoms with E-state index in [0.29, 0.717) is 11.5 Å². The SMILES string of the molecule is CNC(c1cc2ccccc2o1)C1(C)CCCC1. The van der Waals surface area contributed by atoms with Gasteiger partial charge in [-0.05, 0) is 37.4 Å². The van der Waals surface area contributed by atoms with Gasteiger partial charge >= 0.3 is 0 Å². The molecule has 0 saturated heterocycles. The summed E-state index contributed by atoms with van der Waals surface area (Å²) >= 11 is 0. The quantitative estimate of drug-likeness (QED) is 0.870. The van der Waals surface area contributed by atoms with Crippen molar-refractivity contribution in [2.24, 2.45) is 5.41 Å². The van der Waals surface area contributed by atoms with Crippen molar-refractivity contribution in [2.45, 2.75) is 38.6 Å². The number of nitrogens with one attached hydrogen (secondary N) is 1. The van der Waals surface area contributed by atoms with E-state index in [1.54, 1.807) is 0 Å². The number of rotatable bonds is 3. The van der Waals surface area contributed by atoms with Gasteiger partial charge in [0.15, 0.2) is 0 Å². The fourth-order valence-electron chi connectivity index (χ4n) is 3.45. The number of fused-ring (bicyclic) bond motifs is 1. The van der Waals surface area contributed by atoms with Gasteiger partial charge in [0, 0.05) is 5.39 Å². The standard InChI is InChI=1S/C16H21NO/c1-16(9-5-6-10-16)15(17-2)14-11-12-7-3-4-8-13(12)18-14/h3-4,7-8,11,15,17H,5-6,9-10H2,1-2H3. The first-order valence-electron chi connectivity index (χ1n) is 6.89. The molecule has 1 aliphatic rings. The fraction of sp³-hybridized carbons (Fsp3) is 0.500. The summed E-state index contributed by atoms with van der Waals surface area (Å²) in [7, 11) is 2.04. The first-order valence-corrected chi connectivity index (χ1v) is 6.89. The molecule has 0 radical (unpaired) electrons. The first-order chi connectivity index (χ1) is 8.73. The molecule has 1 aliphatic carbocycles. The predicted molar refractivity (Wildman–Crippen MR) is 74.6 cm³/mol. The van der Waals surface area contributed by atoms with Crippen molar-refractivity contribution < 1.29 is 4.42 Å². The van der Waals surface area contributed by atoms with Crippen LogP contribution in [0.25, 0.3) is 11.0 Å². The second kappa shape index (κ2) is 4.43. The molecule has 0 spiro atoms. The Morgan fingerprint density at radius 3 is 2.61 bits per heavy atom. The van der Waals surface area contributed by atoms with Crippen molar-refractivity contribution in [3.05, 3.63) is 36.1 Å². The van der Waals surface area contributed by atoms with Crippen molar-refractivity contribution in [1.82, 2.24) is 5.32 Å². The Bertz CT molecular complexity index is 504. The molecule has 0 bridgehead atoms. The minimum Gasteiger partial charge on any atom is -0.459 e. The van der Waals surface area contributed by atoms with Crippen molar-refractivity contribution in [2.75, 3.05) is 7.05 Å². The molecule has 96 valence electrons. The summed E-state index contributed by atoms with van der Waals surface area (Å²) in [6, 6.07) is 10.8. The Hall–Kier alpha value is -1.28. The van der Waals surface area contributed by atoms with E-state index in [2.05, 4.69) is 30.4 Å². The van der Waals surface area contributed by atoms with E-state index in [9.17, 15) is 0 Å². The van der Waals surface area contributed by atoms with Gasteiger partial charge in [-0.1, -0.05) is 38.0 Å². The lowest BCUT2D eigenvalue weighted by atomic mass is 9.79. The van der Waals surface area contributed by atoms with Crippen LogP contribution in [0.5, 0.6) is 0 Å². The van der Waals surface area contributed by atoms with E-state index >= 15 is 0 Å². The van der Waals surface area contributed by atoms with Gasteiger partial charge in [-0.2, -0.15) is 0 Å². The van der Waals surface area contributed by atoms with E-state index in [0.717, 1.165) is 11.3 Å². The van der Waals surface area contributed by atoms with Crippen LogP contribution >= 0.6 is 0 Å². The summed E-state index contributed by atoms with van der Waals surface area (Å²) in [6.45, 7) is 2.38. The molecule has 1 saturated carbocycles. The molecular weight excluding hydrogens is 222 g/mol. The molecule has 1 fully saturated rings. The highest BCUT2D eigenvalue weighted by Gasteiger charge is 2.38. The van der Waals surface area contributed by atoms with Crippen LogP contribution in [0.2, 0.25) is 0 Å². The molecule has 1 aromatic carbocycles. The maximum atomic E-state index is 6.04. The number of furan rings is 1. The lowest BCUT2D eigenvalue weighted by Crippen LogP contribution is -2.31. The van der Waals surface area contributed by atoms with E-state index in [4.69, 9.17) is 4.42 Å². The van der Waals surface area contributed by atoms with Crippen molar-refractivity contribution in [3.8, 4) is 0 Å². The van der Waals surface area contributed by atoms with Gasteiger partial charge in [0.25, 0.3) is 0 Å². The predicted octanol–water partition coefficient (Wildman–Crippen LogP) is 4.27. The highest BCUT2D eigenvalue weighted by Crippen LogP contribution is 2.47. The molecule has 1 unspecified atom stereocenters. The largest absolute Gasteiger partial charge is 0.459 e.